The van der Waals surface area contributed by atoms with Crippen molar-refractivity contribution in [1.82, 2.24) is 0 Å². The maximum atomic E-state index is 13.1. The number of hydrogen-bond acceptors (Lipinski definition) is 15. The predicted octanol–water partition coefficient (Wildman–Crippen LogP) is 24.1. The minimum Gasteiger partial charge on any atom is -0.462 e. The molecule has 19 heteroatoms. The molecule has 0 aromatic rings. The molecule has 0 radical (unpaired) electrons. The SMILES string of the molecule is CCCCCCCCCCCCCCCCCCCCCCC(=O)O[C@H](COC(=O)CCCCCCCCCCCCCCCCC(C)CC)COP(=O)(O)OC[C@@H](O)COP(=O)(O)OC[C@@H](COC(=O)CCCCCCCCC(C)C)OC(=O)CCCCCCCCCCCCC(C)C. The summed E-state index contributed by atoms with van der Waals surface area (Å²) in [4.78, 5) is 73.0. The molecule has 3 N–H and O–H groups in total. The van der Waals surface area contributed by atoms with Gasteiger partial charge in [0.1, 0.15) is 19.3 Å². The van der Waals surface area contributed by atoms with E-state index in [1.54, 1.807) is 0 Å². The topological polar surface area (TPSA) is 237 Å². The molecule has 0 spiro atoms. The second-order valence-electron chi connectivity index (χ2n) is 30.4. The molecule has 17 nitrogen and oxygen atoms in total. The Kier molecular flexibility index (Phi) is 69.9. The summed E-state index contributed by atoms with van der Waals surface area (Å²) in [6, 6.07) is 0. The number of aliphatic hydroxyl groups excluding tert-OH is 1. The Morgan fingerprint density at radius 2 is 0.510 bits per heavy atom. The number of carbonyl (C=O) groups excluding carboxylic acids is 4. The molecule has 0 heterocycles. The normalized spacial score (nSPS) is 14.2. The first-order chi connectivity index (χ1) is 48.3. The van der Waals surface area contributed by atoms with Crippen LogP contribution in [0.3, 0.4) is 0 Å². The van der Waals surface area contributed by atoms with Gasteiger partial charge in [0, 0.05) is 25.7 Å². The van der Waals surface area contributed by atoms with E-state index in [0.717, 1.165) is 108 Å². The fourth-order valence-corrected chi connectivity index (χ4v) is 14.0. The maximum Gasteiger partial charge on any atom is 0.472 e. The summed E-state index contributed by atoms with van der Waals surface area (Å²) in [7, 11) is -9.92. The standard InChI is InChI=1S/C81H158O17P2/c1-8-10-11-12-13-14-15-16-17-18-19-20-21-22-27-30-36-41-50-57-64-80(85)97-76(68-91-78(83)62-55-48-40-35-29-26-24-23-25-28-34-39-47-54-61-74(7)9-2)70-95-99(87,88)93-66-75(82)67-94-100(89,90)96-71-77(69-92-79(84)63-56-49-44-43-46-53-60-73(5)6)98-81(86)65-58-51-42-37-32-31-33-38-45-52-59-72(3)4/h72-77,82H,8-71H2,1-7H3,(H,87,88)(H,89,90)/t74?,75-,76-,77-/m1/s1. The highest BCUT2D eigenvalue weighted by Gasteiger charge is 2.30. The number of ether oxygens (including phenoxy) is 4. The largest absolute Gasteiger partial charge is 0.472 e. The molecule has 0 amide bonds. The molecule has 0 rings (SSSR count). The van der Waals surface area contributed by atoms with Crippen LogP contribution in [0.15, 0.2) is 0 Å². The summed E-state index contributed by atoms with van der Waals surface area (Å²) in [6.07, 6.45) is 59.9. The van der Waals surface area contributed by atoms with E-state index in [2.05, 4.69) is 48.5 Å². The van der Waals surface area contributed by atoms with Gasteiger partial charge in [0.05, 0.1) is 26.4 Å². The third-order valence-electron chi connectivity index (χ3n) is 19.2. The highest BCUT2D eigenvalue weighted by molar-refractivity contribution is 7.47. The van der Waals surface area contributed by atoms with Gasteiger partial charge in [0.15, 0.2) is 12.2 Å². The zero-order valence-electron chi connectivity index (χ0n) is 65.7. The summed E-state index contributed by atoms with van der Waals surface area (Å²) < 4.78 is 68.7. The second kappa shape index (κ2) is 71.3. The van der Waals surface area contributed by atoms with Crippen LogP contribution < -0.4 is 0 Å². The zero-order chi connectivity index (χ0) is 73.7. The lowest BCUT2D eigenvalue weighted by Gasteiger charge is -2.21. The van der Waals surface area contributed by atoms with E-state index in [9.17, 15) is 43.2 Å². The Morgan fingerprint density at radius 3 is 0.760 bits per heavy atom. The summed E-state index contributed by atoms with van der Waals surface area (Å²) in [6.45, 7) is 11.9. The van der Waals surface area contributed by atoms with Crippen molar-refractivity contribution in [2.75, 3.05) is 39.6 Å². The molecule has 6 atom stereocenters. The first-order valence-corrected chi connectivity index (χ1v) is 44.9. The van der Waals surface area contributed by atoms with Crippen molar-refractivity contribution in [3.63, 3.8) is 0 Å². The van der Waals surface area contributed by atoms with Crippen molar-refractivity contribution in [1.29, 1.82) is 0 Å². The molecule has 0 saturated heterocycles. The molecule has 0 saturated carbocycles. The van der Waals surface area contributed by atoms with Crippen LogP contribution >= 0.6 is 15.6 Å². The van der Waals surface area contributed by atoms with Crippen LogP contribution in [-0.4, -0.2) is 96.7 Å². The lowest BCUT2D eigenvalue weighted by molar-refractivity contribution is -0.161. The molecule has 0 aromatic heterocycles. The highest BCUT2D eigenvalue weighted by atomic mass is 31.2. The van der Waals surface area contributed by atoms with Crippen molar-refractivity contribution in [2.45, 2.75) is 439 Å². The van der Waals surface area contributed by atoms with Gasteiger partial charge in [-0.05, 0) is 43.4 Å². The van der Waals surface area contributed by atoms with Crippen LogP contribution in [0.25, 0.3) is 0 Å². The van der Waals surface area contributed by atoms with E-state index in [4.69, 9.17) is 37.0 Å². The van der Waals surface area contributed by atoms with Crippen LogP contribution in [0.4, 0.5) is 0 Å². The average molecular weight is 1470 g/mol. The van der Waals surface area contributed by atoms with Crippen LogP contribution in [0.2, 0.25) is 0 Å². The van der Waals surface area contributed by atoms with Gasteiger partial charge in [-0.25, -0.2) is 9.13 Å². The first-order valence-electron chi connectivity index (χ1n) is 41.9. The Labute approximate surface area is 613 Å². The molecule has 0 aliphatic heterocycles. The molecule has 0 aromatic carbocycles. The van der Waals surface area contributed by atoms with E-state index < -0.39 is 97.5 Å². The molecule has 100 heavy (non-hydrogen) atoms. The average Bonchev–Trinajstić information content (AvgIpc) is 0.927. The number of carbonyl (C=O) groups is 4. The first kappa shape index (κ1) is 98.1. The number of unbranched alkanes of at least 4 members (excludes halogenated alkanes) is 46. The molecule has 3 unspecified atom stereocenters. The molecule has 594 valence electrons. The third-order valence-corrected chi connectivity index (χ3v) is 21.1. The Balaban J connectivity index is 5.22. The fraction of sp³-hybridized carbons (Fsp3) is 0.951. The van der Waals surface area contributed by atoms with E-state index in [-0.39, 0.29) is 25.7 Å². The molecule has 0 aliphatic rings. The monoisotopic (exact) mass is 1470 g/mol. The lowest BCUT2D eigenvalue weighted by atomic mass is 9.99. The number of esters is 4. The van der Waals surface area contributed by atoms with E-state index >= 15 is 0 Å². The van der Waals surface area contributed by atoms with E-state index in [1.165, 1.54) is 225 Å². The van der Waals surface area contributed by atoms with Gasteiger partial charge in [-0.1, -0.05) is 370 Å². The van der Waals surface area contributed by atoms with Crippen LogP contribution in [0.1, 0.15) is 421 Å². The van der Waals surface area contributed by atoms with Crippen molar-refractivity contribution < 1.29 is 80.2 Å². The molecule has 0 bridgehead atoms. The van der Waals surface area contributed by atoms with Crippen molar-refractivity contribution >= 4 is 39.5 Å². The quantitative estimate of drug-likeness (QED) is 0.0222. The minimum atomic E-state index is -4.96. The zero-order valence-corrected chi connectivity index (χ0v) is 67.5. The minimum absolute atomic E-state index is 0.105. The molecule has 0 fully saturated rings. The molecular weight excluding hydrogens is 1310 g/mol. The van der Waals surface area contributed by atoms with Gasteiger partial charge in [0.2, 0.25) is 0 Å². The Bertz CT molecular complexity index is 1940. The third kappa shape index (κ3) is 73.0. The smallest absolute Gasteiger partial charge is 0.462 e. The van der Waals surface area contributed by atoms with Crippen LogP contribution in [0.5, 0.6) is 0 Å². The van der Waals surface area contributed by atoms with Crippen LogP contribution in [-0.2, 0) is 65.4 Å². The predicted molar refractivity (Wildman–Crippen MR) is 409 cm³/mol. The summed E-state index contributed by atoms with van der Waals surface area (Å²) in [5, 5.41) is 10.6. The number of hydrogen-bond donors (Lipinski definition) is 3. The van der Waals surface area contributed by atoms with Crippen molar-refractivity contribution in [3.8, 4) is 0 Å². The van der Waals surface area contributed by atoms with Crippen molar-refractivity contribution in [3.05, 3.63) is 0 Å². The number of phosphoric acid groups is 2. The Hall–Kier alpha value is -1.94. The lowest BCUT2D eigenvalue weighted by Crippen LogP contribution is -2.30. The second-order valence-corrected chi connectivity index (χ2v) is 33.3. The highest BCUT2D eigenvalue weighted by Crippen LogP contribution is 2.45. The fourth-order valence-electron chi connectivity index (χ4n) is 12.5. The van der Waals surface area contributed by atoms with Gasteiger partial charge in [-0.3, -0.25) is 37.3 Å². The van der Waals surface area contributed by atoms with E-state index in [0.29, 0.717) is 31.6 Å². The van der Waals surface area contributed by atoms with Gasteiger partial charge >= 0.3 is 39.5 Å². The summed E-state index contributed by atoms with van der Waals surface area (Å²) >= 11 is 0. The number of aliphatic hydroxyl groups is 1. The number of phosphoric ester groups is 2. The Morgan fingerprint density at radius 1 is 0.290 bits per heavy atom. The number of rotatable bonds is 79. The van der Waals surface area contributed by atoms with Gasteiger partial charge < -0.3 is 33.8 Å². The van der Waals surface area contributed by atoms with Gasteiger partial charge in [0.25, 0.3) is 0 Å². The van der Waals surface area contributed by atoms with E-state index in [1.807, 2.05) is 0 Å². The van der Waals surface area contributed by atoms with Gasteiger partial charge in [-0.2, -0.15) is 0 Å². The van der Waals surface area contributed by atoms with Gasteiger partial charge in [-0.15, -0.1) is 0 Å². The van der Waals surface area contributed by atoms with Crippen molar-refractivity contribution in [2.24, 2.45) is 17.8 Å². The maximum absolute atomic E-state index is 13.1. The molecule has 0 aliphatic carbocycles. The summed E-state index contributed by atoms with van der Waals surface area (Å²) in [5.41, 5.74) is 0. The summed E-state index contributed by atoms with van der Waals surface area (Å²) in [5.74, 6) is 0.167. The molecular formula is C81H158O17P2. The van der Waals surface area contributed by atoms with Crippen LogP contribution in [0, 0.1) is 17.8 Å².